The molecular weight excluding hydrogens is 422 g/mol. The van der Waals surface area contributed by atoms with Crippen LogP contribution in [-0.2, 0) is 13.1 Å². The van der Waals surface area contributed by atoms with Gasteiger partial charge in [0, 0.05) is 33.5 Å². The molecule has 0 aliphatic rings. The second-order valence-corrected chi connectivity index (χ2v) is 7.36. The van der Waals surface area contributed by atoms with Gasteiger partial charge in [0.1, 0.15) is 5.58 Å². The Kier molecular flexibility index (Phi) is 4.99. The molecule has 3 rings (SSSR count). The highest BCUT2D eigenvalue weighted by Gasteiger charge is 2.09. The fourth-order valence-corrected chi connectivity index (χ4v) is 3.19. The Morgan fingerprint density at radius 1 is 0.957 bits per heavy atom. The van der Waals surface area contributed by atoms with Crippen LogP contribution in [0.5, 0.6) is 0 Å². The molecule has 0 saturated heterocycles. The first-order chi connectivity index (χ1) is 11.0. The quantitative estimate of drug-likeness (QED) is 0.542. The fourth-order valence-electron chi connectivity index (χ4n) is 2.58. The van der Waals surface area contributed by atoms with E-state index in [1.807, 2.05) is 37.4 Å². The van der Waals surface area contributed by atoms with Crippen LogP contribution in [0.4, 0.5) is 0 Å². The van der Waals surface area contributed by atoms with Gasteiger partial charge in [-0.25, -0.2) is 4.79 Å². The van der Waals surface area contributed by atoms with Crippen LogP contribution >= 0.6 is 31.9 Å². The van der Waals surface area contributed by atoms with Crippen LogP contribution < -0.4 is 5.63 Å². The molecular formula is C18H15Br2NO2. The smallest absolute Gasteiger partial charge is 0.336 e. The third-order valence-electron chi connectivity index (χ3n) is 3.60. The molecule has 0 radical (unpaired) electrons. The first kappa shape index (κ1) is 16.4. The van der Waals surface area contributed by atoms with E-state index in [9.17, 15) is 4.79 Å². The van der Waals surface area contributed by atoms with Crippen molar-refractivity contribution in [2.75, 3.05) is 7.05 Å². The number of hydrogen-bond acceptors (Lipinski definition) is 3. The highest BCUT2D eigenvalue weighted by molar-refractivity contribution is 9.10. The van der Waals surface area contributed by atoms with Gasteiger partial charge >= 0.3 is 5.63 Å². The van der Waals surface area contributed by atoms with Crippen molar-refractivity contribution in [1.82, 2.24) is 4.90 Å². The van der Waals surface area contributed by atoms with Crippen molar-refractivity contribution in [2.45, 2.75) is 13.1 Å². The fraction of sp³-hybridized carbons (Fsp3) is 0.167. The van der Waals surface area contributed by atoms with Crippen molar-refractivity contribution < 1.29 is 4.42 Å². The Hall–Kier alpha value is -1.43. The number of fused-ring (bicyclic) bond motifs is 1. The summed E-state index contributed by atoms with van der Waals surface area (Å²) in [4.78, 5) is 14.0. The monoisotopic (exact) mass is 435 g/mol. The van der Waals surface area contributed by atoms with Gasteiger partial charge in [0.2, 0.25) is 0 Å². The number of halogens is 2. The van der Waals surface area contributed by atoms with E-state index in [-0.39, 0.29) is 5.63 Å². The molecule has 5 heteroatoms. The number of rotatable bonds is 4. The average Bonchev–Trinajstić information content (AvgIpc) is 2.49. The van der Waals surface area contributed by atoms with Gasteiger partial charge in [-0.15, -0.1) is 0 Å². The molecule has 23 heavy (non-hydrogen) atoms. The highest BCUT2D eigenvalue weighted by Crippen LogP contribution is 2.23. The van der Waals surface area contributed by atoms with Crippen LogP contribution in [0.1, 0.15) is 11.1 Å². The van der Waals surface area contributed by atoms with Crippen molar-refractivity contribution in [3.8, 4) is 0 Å². The Bertz CT molecular complexity index is 888. The normalized spacial score (nSPS) is 11.3. The van der Waals surface area contributed by atoms with E-state index in [2.05, 4.69) is 48.9 Å². The maximum absolute atomic E-state index is 11.8. The van der Waals surface area contributed by atoms with Gasteiger partial charge < -0.3 is 4.42 Å². The Morgan fingerprint density at radius 3 is 2.39 bits per heavy atom. The zero-order valence-electron chi connectivity index (χ0n) is 12.6. The van der Waals surface area contributed by atoms with Crippen molar-refractivity contribution in [3.05, 3.63) is 79.0 Å². The third kappa shape index (κ3) is 4.10. The van der Waals surface area contributed by atoms with Gasteiger partial charge in [-0.2, -0.15) is 0 Å². The molecule has 2 aromatic carbocycles. The van der Waals surface area contributed by atoms with E-state index in [1.54, 1.807) is 6.07 Å². The minimum absolute atomic E-state index is 0.317. The molecule has 3 nitrogen and oxygen atoms in total. The average molecular weight is 437 g/mol. The molecule has 1 heterocycles. The van der Waals surface area contributed by atoms with Gasteiger partial charge in [-0.05, 0) is 48.5 Å². The van der Waals surface area contributed by atoms with Crippen molar-refractivity contribution in [1.29, 1.82) is 0 Å². The molecule has 0 N–H and O–H groups in total. The summed E-state index contributed by atoms with van der Waals surface area (Å²) < 4.78 is 7.25. The summed E-state index contributed by atoms with van der Waals surface area (Å²) in [7, 11) is 2.04. The predicted molar refractivity (Wildman–Crippen MR) is 99.5 cm³/mol. The van der Waals surface area contributed by atoms with Gasteiger partial charge in [-0.3, -0.25) is 4.90 Å². The Balaban J connectivity index is 1.85. The second-order valence-electron chi connectivity index (χ2n) is 5.53. The summed E-state index contributed by atoms with van der Waals surface area (Å²) in [5.41, 5.74) is 2.50. The molecule has 118 valence electrons. The zero-order chi connectivity index (χ0) is 16.4. The number of nitrogens with zero attached hydrogens (tertiary/aromatic N) is 1. The van der Waals surface area contributed by atoms with E-state index < -0.39 is 0 Å². The lowest BCUT2D eigenvalue weighted by Crippen LogP contribution is -2.18. The van der Waals surface area contributed by atoms with Crippen molar-refractivity contribution in [3.63, 3.8) is 0 Å². The van der Waals surface area contributed by atoms with Gasteiger partial charge in [-0.1, -0.05) is 44.0 Å². The minimum atomic E-state index is -0.317. The van der Waals surface area contributed by atoms with Gasteiger partial charge in [0.05, 0.1) is 0 Å². The maximum atomic E-state index is 11.8. The van der Waals surface area contributed by atoms with Gasteiger partial charge in [0.15, 0.2) is 0 Å². The highest BCUT2D eigenvalue weighted by atomic mass is 79.9. The summed E-state index contributed by atoms with van der Waals surface area (Å²) in [5, 5.41) is 0.968. The molecule has 0 saturated carbocycles. The topological polar surface area (TPSA) is 33.5 Å². The van der Waals surface area contributed by atoms with E-state index in [0.29, 0.717) is 12.1 Å². The number of hydrogen-bond donors (Lipinski definition) is 0. The SMILES string of the molecule is CN(Cc1ccc(Br)cc1)Cc1cc(=O)oc2cc(Br)ccc12. The van der Waals surface area contributed by atoms with Crippen LogP contribution in [0.15, 0.2) is 66.7 Å². The molecule has 1 aromatic heterocycles. The largest absolute Gasteiger partial charge is 0.423 e. The molecule has 0 aliphatic heterocycles. The van der Waals surface area contributed by atoms with E-state index in [4.69, 9.17) is 4.42 Å². The summed E-state index contributed by atoms with van der Waals surface area (Å²) in [5.74, 6) is 0. The molecule has 0 amide bonds. The molecule has 0 spiro atoms. The Labute approximate surface area is 151 Å². The maximum Gasteiger partial charge on any atom is 0.336 e. The first-order valence-corrected chi connectivity index (χ1v) is 8.75. The molecule has 0 aliphatic carbocycles. The lowest BCUT2D eigenvalue weighted by Gasteiger charge is -2.17. The molecule has 0 fully saturated rings. The Morgan fingerprint density at radius 2 is 1.65 bits per heavy atom. The molecule has 3 aromatic rings. The van der Waals surface area contributed by atoms with Crippen molar-refractivity contribution in [2.24, 2.45) is 0 Å². The van der Waals surface area contributed by atoms with E-state index in [0.717, 1.165) is 26.4 Å². The van der Waals surface area contributed by atoms with Crippen LogP contribution in [0.2, 0.25) is 0 Å². The molecule has 0 unspecified atom stereocenters. The number of benzene rings is 2. The standard InChI is InChI=1S/C18H15Br2NO2/c1-21(10-12-2-4-14(19)5-3-12)11-13-8-18(22)23-17-9-15(20)6-7-16(13)17/h2-9H,10-11H2,1H3. The minimum Gasteiger partial charge on any atom is -0.423 e. The molecule has 0 atom stereocenters. The third-order valence-corrected chi connectivity index (χ3v) is 4.62. The van der Waals surface area contributed by atoms with E-state index >= 15 is 0 Å². The van der Waals surface area contributed by atoms with Crippen LogP contribution in [0, 0.1) is 0 Å². The summed E-state index contributed by atoms with van der Waals surface area (Å²) >= 11 is 6.85. The molecule has 0 bridgehead atoms. The van der Waals surface area contributed by atoms with Crippen LogP contribution in [0.3, 0.4) is 0 Å². The predicted octanol–water partition coefficient (Wildman–Crippen LogP) is 4.95. The van der Waals surface area contributed by atoms with Crippen molar-refractivity contribution >= 4 is 42.8 Å². The lowest BCUT2D eigenvalue weighted by atomic mass is 10.1. The summed E-state index contributed by atoms with van der Waals surface area (Å²) in [6, 6.07) is 15.6. The summed E-state index contributed by atoms with van der Waals surface area (Å²) in [6.07, 6.45) is 0. The van der Waals surface area contributed by atoms with Crippen LogP contribution in [0.25, 0.3) is 11.0 Å². The van der Waals surface area contributed by atoms with Crippen LogP contribution in [-0.4, -0.2) is 11.9 Å². The second kappa shape index (κ2) is 6.99. The first-order valence-electron chi connectivity index (χ1n) is 7.16. The lowest BCUT2D eigenvalue weighted by molar-refractivity contribution is 0.319. The van der Waals surface area contributed by atoms with E-state index in [1.165, 1.54) is 5.56 Å². The summed E-state index contributed by atoms with van der Waals surface area (Å²) in [6.45, 7) is 1.49. The zero-order valence-corrected chi connectivity index (χ0v) is 15.7. The van der Waals surface area contributed by atoms with Gasteiger partial charge in [0.25, 0.3) is 0 Å².